The molecule has 1 aromatic heterocycles. The summed E-state index contributed by atoms with van der Waals surface area (Å²) in [5, 5.41) is 2.92. The molecule has 128 valence electrons. The molecule has 1 fully saturated rings. The average molecular weight is 340 g/mol. The summed E-state index contributed by atoms with van der Waals surface area (Å²) < 4.78 is 19.7. The third-order valence-electron chi connectivity index (χ3n) is 4.66. The molecule has 1 atom stereocenters. The van der Waals surface area contributed by atoms with Gasteiger partial charge in [-0.2, -0.15) is 0 Å². The van der Waals surface area contributed by atoms with Gasteiger partial charge in [-0.05, 0) is 54.7 Å². The van der Waals surface area contributed by atoms with Gasteiger partial charge in [-0.1, -0.05) is 12.1 Å². The van der Waals surface area contributed by atoms with Gasteiger partial charge in [0.05, 0.1) is 11.4 Å². The smallest absolute Gasteiger partial charge is 0.408 e. The third-order valence-corrected chi connectivity index (χ3v) is 4.66. The summed E-state index contributed by atoms with van der Waals surface area (Å²) in [6.07, 6.45) is 1.98. The van der Waals surface area contributed by atoms with Crippen LogP contribution in [0.2, 0.25) is 0 Å². The molecule has 4 rings (SSSR count). The molecule has 0 radical (unpaired) electrons. The van der Waals surface area contributed by atoms with Crippen LogP contribution in [0.3, 0.4) is 0 Å². The molecule has 0 spiro atoms. The summed E-state index contributed by atoms with van der Waals surface area (Å²) >= 11 is 0. The molecule has 1 aliphatic rings. The average Bonchev–Trinajstić information content (AvgIpc) is 3.38. The highest BCUT2D eigenvalue weighted by Crippen LogP contribution is 2.43. The molecule has 1 amide bonds. The SMILES string of the molecule is Cn1c(=O)oc2ccc(NC(=O)C(c3ccc(F)cc3)C3CC3)cc21. The Bertz CT molecular complexity index is 1000. The highest BCUT2D eigenvalue weighted by molar-refractivity contribution is 5.97. The summed E-state index contributed by atoms with van der Waals surface area (Å²) in [6, 6.07) is 11.2. The molecule has 1 unspecified atom stereocenters. The van der Waals surface area contributed by atoms with Gasteiger partial charge in [0.15, 0.2) is 5.58 Å². The minimum atomic E-state index is -0.444. The molecular weight excluding hydrogens is 323 g/mol. The molecule has 6 heteroatoms. The number of halogens is 1. The number of amides is 1. The molecule has 25 heavy (non-hydrogen) atoms. The van der Waals surface area contributed by atoms with Crippen LogP contribution in [0, 0.1) is 11.7 Å². The number of carbonyl (C=O) groups is 1. The third kappa shape index (κ3) is 2.95. The molecule has 3 aromatic rings. The molecule has 2 aromatic carbocycles. The zero-order valence-electron chi connectivity index (χ0n) is 13.7. The van der Waals surface area contributed by atoms with Crippen LogP contribution in [0.5, 0.6) is 0 Å². The zero-order chi connectivity index (χ0) is 17.6. The maximum Gasteiger partial charge on any atom is 0.419 e. The number of oxazole rings is 1. The van der Waals surface area contributed by atoms with Crippen molar-refractivity contribution in [2.75, 3.05) is 5.32 Å². The number of rotatable bonds is 4. The van der Waals surface area contributed by atoms with Crippen LogP contribution in [0.15, 0.2) is 51.7 Å². The van der Waals surface area contributed by atoms with Gasteiger partial charge >= 0.3 is 5.76 Å². The topological polar surface area (TPSA) is 64.2 Å². The first kappa shape index (κ1) is 15.6. The van der Waals surface area contributed by atoms with Crippen molar-refractivity contribution in [3.63, 3.8) is 0 Å². The van der Waals surface area contributed by atoms with Crippen LogP contribution in [-0.2, 0) is 11.8 Å². The molecule has 5 nitrogen and oxygen atoms in total. The summed E-state index contributed by atoms with van der Waals surface area (Å²) in [5.41, 5.74) is 2.51. The Morgan fingerprint density at radius 2 is 1.96 bits per heavy atom. The van der Waals surface area contributed by atoms with E-state index in [1.54, 1.807) is 37.4 Å². The van der Waals surface area contributed by atoms with Crippen molar-refractivity contribution < 1.29 is 13.6 Å². The quantitative estimate of drug-likeness (QED) is 0.792. The summed E-state index contributed by atoms with van der Waals surface area (Å²) in [7, 11) is 1.62. The Morgan fingerprint density at radius 1 is 1.24 bits per heavy atom. The Kier molecular flexibility index (Phi) is 3.67. The fourth-order valence-electron chi connectivity index (χ4n) is 3.16. The lowest BCUT2D eigenvalue weighted by Crippen LogP contribution is -2.22. The van der Waals surface area contributed by atoms with E-state index in [1.807, 2.05) is 0 Å². The van der Waals surface area contributed by atoms with E-state index in [9.17, 15) is 14.0 Å². The normalized spacial score (nSPS) is 15.3. The second-order valence-corrected chi connectivity index (χ2v) is 6.47. The van der Waals surface area contributed by atoms with Crippen molar-refractivity contribution in [2.24, 2.45) is 13.0 Å². The number of hydrogen-bond acceptors (Lipinski definition) is 3. The second kappa shape index (κ2) is 5.88. The molecule has 0 saturated heterocycles. The van der Waals surface area contributed by atoms with Gasteiger partial charge in [0.25, 0.3) is 0 Å². The maximum atomic E-state index is 13.2. The Hall–Kier alpha value is -2.89. The van der Waals surface area contributed by atoms with Crippen LogP contribution in [0.1, 0.15) is 24.3 Å². The van der Waals surface area contributed by atoms with Crippen LogP contribution in [0.25, 0.3) is 11.1 Å². The largest absolute Gasteiger partial charge is 0.419 e. The van der Waals surface area contributed by atoms with Gasteiger partial charge in [0, 0.05) is 12.7 Å². The van der Waals surface area contributed by atoms with E-state index in [0.29, 0.717) is 16.8 Å². The number of aryl methyl sites for hydroxylation is 1. The predicted molar refractivity (Wildman–Crippen MR) is 91.9 cm³/mol. The van der Waals surface area contributed by atoms with Crippen LogP contribution >= 0.6 is 0 Å². The number of hydrogen-bond donors (Lipinski definition) is 1. The first-order chi connectivity index (χ1) is 12.0. The number of carbonyl (C=O) groups excluding carboxylic acids is 1. The van der Waals surface area contributed by atoms with Crippen LogP contribution in [-0.4, -0.2) is 10.5 Å². The van der Waals surface area contributed by atoms with E-state index in [2.05, 4.69) is 5.32 Å². The molecule has 1 N–H and O–H groups in total. The van der Waals surface area contributed by atoms with Crippen molar-refractivity contribution in [3.8, 4) is 0 Å². The van der Waals surface area contributed by atoms with Gasteiger partial charge in [0.2, 0.25) is 5.91 Å². The molecular formula is C19H17FN2O3. The predicted octanol–water partition coefficient (Wildman–Crippen LogP) is 3.40. The van der Waals surface area contributed by atoms with E-state index in [-0.39, 0.29) is 23.6 Å². The number of benzene rings is 2. The number of nitrogens with zero attached hydrogens (tertiary/aromatic N) is 1. The summed E-state index contributed by atoms with van der Waals surface area (Å²) in [5.74, 6) is -0.899. The highest BCUT2D eigenvalue weighted by Gasteiger charge is 2.37. The van der Waals surface area contributed by atoms with Crippen molar-refractivity contribution in [1.82, 2.24) is 4.57 Å². The van der Waals surface area contributed by atoms with Crippen molar-refractivity contribution in [2.45, 2.75) is 18.8 Å². The zero-order valence-corrected chi connectivity index (χ0v) is 13.7. The van der Waals surface area contributed by atoms with E-state index < -0.39 is 5.76 Å². The Balaban J connectivity index is 1.62. The van der Waals surface area contributed by atoms with E-state index in [0.717, 1.165) is 18.4 Å². The number of aromatic nitrogens is 1. The van der Waals surface area contributed by atoms with Gasteiger partial charge in [0.1, 0.15) is 5.82 Å². The number of nitrogens with one attached hydrogen (secondary N) is 1. The Labute approximate surface area is 143 Å². The minimum Gasteiger partial charge on any atom is -0.408 e. The molecule has 1 saturated carbocycles. The molecule has 0 aliphatic heterocycles. The van der Waals surface area contributed by atoms with E-state index in [4.69, 9.17) is 4.42 Å². The lowest BCUT2D eigenvalue weighted by Gasteiger charge is -2.17. The summed E-state index contributed by atoms with van der Waals surface area (Å²) in [6.45, 7) is 0. The van der Waals surface area contributed by atoms with Gasteiger partial charge in [-0.25, -0.2) is 9.18 Å². The monoisotopic (exact) mass is 340 g/mol. The fourth-order valence-corrected chi connectivity index (χ4v) is 3.16. The Morgan fingerprint density at radius 3 is 2.64 bits per heavy atom. The first-order valence-electron chi connectivity index (χ1n) is 8.19. The molecule has 0 bridgehead atoms. The maximum absolute atomic E-state index is 13.2. The van der Waals surface area contributed by atoms with Crippen molar-refractivity contribution >= 4 is 22.7 Å². The lowest BCUT2D eigenvalue weighted by atomic mass is 9.93. The fraction of sp³-hybridized carbons (Fsp3) is 0.263. The number of anilines is 1. The van der Waals surface area contributed by atoms with E-state index >= 15 is 0 Å². The van der Waals surface area contributed by atoms with Crippen LogP contribution < -0.4 is 11.1 Å². The lowest BCUT2D eigenvalue weighted by molar-refractivity contribution is -0.118. The number of fused-ring (bicyclic) bond motifs is 1. The van der Waals surface area contributed by atoms with Gasteiger partial charge < -0.3 is 9.73 Å². The van der Waals surface area contributed by atoms with Crippen LogP contribution in [0.4, 0.5) is 10.1 Å². The minimum absolute atomic E-state index is 0.123. The molecule has 1 heterocycles. The highest BCUT2D eigenvalue weighted by atomic mass is 19.1. The van der Waals surface area contributed by atoms with Crippen molar-refractivity contribution in [3.05, 3.63) is 64.4 Å². The second-order valence-electron chi connectivity index (χ2n) is 6.47. The standard InChI is InChI=1S/C19H17FN2O3/c1-22-15-10-14(8-9-16(15)25-19(22)24)21-18(23)17(11-2-3-11)12-4-6-13(20)7-5-12/h4-11,17H,2-3H2,1H3,(H,21,23). The first-order valence-corrected chi connectivity index (χ1v) is 8.19. The van der Waals surface area contributed by atoms with E-state index in [1.165, 1.54) is 16.7 Å². The molecule has 1 aliphatic carbocycles. The van der Waals surface area contributed by atoms with Gasteiger partial charge in [-0.3, -0.25) is 9.36 Å². The van der Waals surface area contributed by atoms with Gasteiger partial charge in [-0.15, -0.1) is 0 Å². The van der Waals surface area contributed by atoms with Crippen molar-refractivity contribution in [1.29, 1.82) is 0 Å². The summed E-state index contributed by atoms with van der Waals surface area (Å²) in [4.78, 5) is 24.4.